The fourth-order valence-corrected chi connectivity index (χ4v) is 0. The van der Waals surface area contributed by atoms with E-state index in [1.165, 1.54) is 0 Å². The summed E-state index contributed by atoms with van der Waals surface area (Å²) >= 11 is 6.44. The van der Waals surface area contributed by atoms with Gasteiger partial charge in [-0.1, -0.05) is 0 Å². The van der Waals surface area contributed by atoms with Crippen LogP contribution in [0.3, 0.4) is 0 Å². The normalized spacial score (nSPS) is 0.500. The van der Waals surface area contributed by atoms with Crippen LogP contribution in [0.5, 0.6) is 0 Å². The van der Waals surface area contributed by atoms with Gasteiger partial charge in [0.15, 0.2) is 0 Å². The van der Waals surface area contributed by atoms with Crippen molar-refractivity contribution in [3.8, 4) is 0 Å². The topological polar surface area (TPSA) is 284 Å². The van der Waals surface area contributed by atoms with Crippen molar-refractivity contribution in [1.29, 1.82) is 0 Å². The third-order valence-electron chi connectivity index (χ3n) is 0. The maximum atomic E-state index is 3.22. The molecule has 0 amide bonds. The van der Waals surface area contributed by atoms with Gasteiger partial charge in [0.25, 0.3) is 0 Å². The average molecular weight is 252 g/mol. The third-order valence-corrected chi connectivity index (χ3v) is 0. The summed E-state index contributed by atoms with van der Waals surface area (Å²) in [5.41, 5.74) is 0. The van der Waals surface area contributed by atoms with Crippen molar-refractivity contribution in [3.05, 3.63) is 0 Å². The molecule has 0 heterocycles. The Morgan fingerprint density at radius 3 is 0.417 bits per heavy atom. The molecule has 0 aliphatic rings. The number of thiol groups is 2. The van der Waals surface area contributed by atoms with E-state index in [4.69, 9.17) is 0 Å². The van der Waals surface area contributed by atoms with Crippen LogP contribution in [0.1, 0.15) is 1.43 Å². The summed E-state index contributed by atoms with van der Waals surface area (Å²) in [6.07, 6.45) is 0. The monoisotopic (exact) mass is 252 g/mol. The van der Waals surface area contributed by atoms with E-state index in [2.05, 4.69) is 23.3 Å². The van der Waals surface area contributed by atoms with Gasteiger partial charge in [-0.15, -0.1) is 23.3 Å². The van der Waals surface area contributed by atoms with Gasteiger partial charge >= 0.3 is 29.6 Å². The van der Waals surface area contributed by atoms with Gasteiger partial charge in [-0.05, 0) is 0 Å². The quantitative estimate of drug-likeness (QED) is 0.230. The molecule has 0 aromatic heterocycles. The molecule has 0 rings (SSSR count). The molecule has 9 nitrogen and oxygen atoms in total. The minimum absolute atomic E-state index is 0. The summed E-state index contributed by atoms with van der Waals surface area (Å²) in [7, 11) is 0. The van der Waals surface area contributed by atoms with Crippen molar-refractivity contribution in [3.63, 3.8) is 0 Å². The summed E-state index contributed by atoms with van der Waals surface area (Å²) in [6.45, 7) is 0. The molecule has 0 aliphatic heterocycles. The van der Waals surface area contributed by atoms with E-state index >= 15 is 0 Å². The number of rotatable bonds is 0. The molecule has 12 heavy (non-hydrogen) atoms. The van der Waals surface area contributed by atoms with Crippen molar-refractivity contribution < 1.29 is 80.3 Å². The Kier molecular flexibility index (Phi) is 27300. The molecule has 88 valence electrons. The Hall–Kier alpha value is 1.34. The Morgan fingerprint density at radius 1 is 0.417 bits per heavy atom. The second-order valence-electron chi connectivity index (χ2n) is 0. The van der Waals surface area contributed by atoms with E-state index in [1.54, 1.807) is 0 Å². The van der Waals surface area contributed by atoms with E-state index in [1.807, 2.05) is 0 Å². The molecule has 0 radical (unpaired) electrons. The molecule has 0 saturated carbocycles. The third kappa shape index (κ3) is 675. The van der Waals surface area contributed by atoms with Gasteiger partial charge < -0.3 is 50.7 Å². The molecule has 0 spiro atoms. The molecule has 0 aromatic carbocycles. The first-order chi connectivity index (χ1) is 1.00. The zero-order chi connectivity index (χ0) is 2.00. The molecule has 12 heteroatoms. The molecule has 0 aromatic rings. The Labute approximate surface area is 103 Å². The van der Waals surface area contributed by atoms with Gasteiger partial charge in [-0.3, -0.25) is 0 Å². The van der Waals surface area contributed by atoms with Crippen molar-refractivity contribution in [1.82, 2.24) is 0 Å². The first-order valence-electron chi connectivity index (χ1n) is 0.200. The molecule has 18 N–H and O–H groups in total. The fourth-order valence-electron chi connectivity index (χ4n) is 0. The maximum Gasteiger partial charge on any atom is 1.00 e. The van der Waals surface area contributed by atoms with E-state index in [0.717, 1.165) is 0 Å². The summed E-state index contributed by atoms with van der Waals surface area (Å²) in [4.78, 5) is 0. The summed E-state index contributed by atoms with van der Waals surface area (Å²) in [5, 5.41) is 0. The molecule has 0 bridgehead atoms. The van der Waals surface area contributed by atoms with Gasteiger partial charge in [-0.2, -0.15) is 0 Å². The zero-order valence-electron chi connectivity index (χ0n) is 7.39. The van der Waals surface area contributed by atoms with Gasteiger partial charge in [0.2, 0.25) is 0 Å². The molecular formula is H21NaO9S2. The Morgan fingerprint density at radius 2 is 0.417 bits per heavy atom. The summed E-state index contributed by atoms with van der Waals surface area (Å²) < 4.78 is 0. The standard InChI is InChI=1S/Na.9H2O.H2S2.H/c;;;;;;;;;;1-2;/h;9*1H2;1-2H;/q+1;;;;;;;;;;;-1. The predicted molar refractivity (Wildman–Crippen MR) is 51.6 cm³/mol. The molecule has 0 fully saturated rings. The number of hydrogen-bond acceptors (Lipinski definition) is 2. The molecular weight excluding hydrogens is 231 g/mol. The van der Waals surface area contributed by atoms with Crippen LogP contribution in [0, 0.1) is 0 Å². The van der Waals surface area contributed by atoms with Crippen molar-refractivity contribution >= 4 is 23.3 Å². The first-order valence-corrected chi connectivity index (χ1v) is 1.80. The van der Waals surface area contributed by atoms with Crippen molar-refractivity contribution in [2.45, 2.75) is 0 Å². The van der Waals surface area contributed by atoms with Gasteiger partial charge in [0, 0.05) is 0 Å². The van der Waals surface area contributed by atoms with Crippen LogP contribution < -0.4 is 29.6 Å². The Bertz CT molecular complexity index is 17.6. The van der Waals surface area contributed by atoms with E-state index < -0.39 is 0 Å². The van der Waals surface area contributed by atoms with E-state index in [-0.39, 0.29) is 80.3 Å². The van der Waals surface area contributed by atoms with Crippen LogP contribution in [0.15, 0.2) is 0 Å². The average Bonchev–Trinajstić information content (AvgIpc) is 1.00. The van der Waals surface area contributed by atoms with Crippen LogP contribution in [-0.2, 0) is 0 Å². The zero-order valence-corrected chi connectivity index (χ0v) is 10.2. The van der Waals surface area contributed by atoms with Gasteiger partial charge in [-0.25, -0.2) is 0 Å². The first kappa shape index (κ1) is 371. The molecule has 0 atom stereocenters. The van der Waals surface area contributed by atoms with E-state index in [9.17, 15) is 0 Å². The van der Waals surface area contributed by atoms with Gasteiger partial charge in [0.05, 0.1) is 0 Å². The van der Waals surface area contributed by atoms with Crippen LogP contribution in [-0.4, -0.2) is 49.3 Å². The fraction of sp³-hybridized carbons (Fsp3) is 0. The van der Waals surface area contributed by atoms with Gasteiger partial charge in [0.1, 0.15) is 0 Å². The Balaban J connectivity index is -0.0000000000909. The van der Waals surface area contributed by atoms with Crippen molar-refractivity contribution in [2.75, 3.05) is 0 Å². The van der Waals surface area contributed by atoms with Crippen LogP contribution in [0.2, 0.25) is 0 Å². The largest absolute Gasteiger partial charge is 1.00 e. The predicted octanol–water partition coefficient (Wildman–Crippen LogP) is -9.54. The molecule has 0 aliphatic carbocycles. The maximum absolute atomic E-state index is 3.22. The van der Waals surface area contributed by atoms with Crippen LogP contribution in [0.25, 0.3) is 0 Å². The minimum atomic E-state index is 0. The minimum Gasteiger partial charge on any atom is -1.00 e. The number of hydrogen-bond donors (Lipinski definition) is 2. The van der Waals surface area contributed by atoms with E-state index in [0.29, 0.717) is 0 Å². The van der Waals surface area contributed by atoms with Crippen molar-refractivity contribution in [2.24, 2.45) is 0 Å². The SMILES string of the molecule is O.O.O.O.O.O.O.O.O.SS.[H-].[Na+]. The molecule has 0 unspecified atom stereocenters. The smallest absolute Gasteiger partial charge is 1.00 e. The molecule has 0 saturated heterocycles. The summed E-state index contributed by atoms with van der Waals surface area (Å²) in [5.74, 6) is 0. The summed E-state index contributed by atoms with van der Waals surface area (Å²) in [6, 6.07) is 0. The second kappa shape index (κ2) is 884. The second-order valence-corrected chi connectivity index (χ2v) is 0. The van der Waals surface area contributed by atoms with Crippen LogP contribution in [0.4, 0.5) is 0 Å². The van der Waals surface area contributed by atoms with Crippen LogP contribution >= 0.6 is 23.3 Å².